The fourth-order valence-corrected chi connectivity index (χ4v) is 0.595. The maximum absolute atomic E-state index is 10.6. The van der Waals surface area contributed by atoms with Crippen molar-refractivity contribution in [2.75, 3.05) is 6.61 Å². The highest BCUT2D eigenvalue weighted by molar-refractivity contribution is 5.79. The molecule has 8 heavy (non-hydrogen) atoms. The average molecular weight is 113 g/mol. The molecule has 1 saturated heterocycles. The summed E-state index contributed by atoms with van der Waals surface area (Å²) in [6.45, 7) is 4.18. The lowest BCUT2D eigenvalue weighted by Crippen LogP contribution is -2.17. The average Bonchev–Trinajstić information content (AvgIpc) is 1.86. The SMILES string of the molecule is CC1(C)[CH]COC1=O. The van der Waals surface area contributed by atoms with Crippen molar-refractivity contribution in [3.8, 4) is 0 Å². The predicted octanol–water partition coefficient (Wildman–Crippen LogP) is 0.774. The van der Waals surface area contributed by atoms with E-state index in [1.807, 2.05) is 20.3 Å². The van der Waals surface area contributed by atoms with E-state index < -0.39 is 0 Å². The quantitative estimate of drug-likeness (QED) is 0.434. The van der Waals surface area contributed by atoms with Crippen molar-refractivity contribution in [1.82, 2.24) is 0 Å². The third-order valence-corrected chi connectivity index (χ3v) is 1.33. The Bertz CT molecular complexity index is 116. The van der Waals surface area contributed by atoms with E-state index in [1.165, 1.54) is 0 Å². The minimum absolute atomic E-state index is 0.113. The van der Waals surface area contributed by atoms with Crippen molar-refractivity contribution in [3.63, 3.8) is 0 Å². The standard InChI is InChI=1S/C6H9O2/c1-6(2)3-4-8-5(6)7/h3H,4H2,1-2H3. The van der Waals surface area contributed by atoms with Crippen molar-refractivity contribution in [2.24, 2.45) is 5.41 Å². The summed E-state index contributed by atoms with van der Waals surface area (Å²) in [4.78, 5) is 10.6. The van der Waals surface area contributed by atoms with E-state index in [2.05, 4.69) is 4.74 Å². The number of rotatable bonds is 0. The Balaban J connectivity index is 2.68. The van der Waals surface area contributed by atoms with E-state index in [0.717, 1.165) is 0 Å². The molecule has 0 bridgehead atoms. The molecule has 0 N–H and O–H groups in total. The van der Waals surface area contributed by atoms with Crippen LogP contribution in [-0.4, -0.2) is 12.6 Å². The lowest BCUT2D eigenvalue weighted by molar-refractivity contribution is -0.144. The van der Waals surface area contributed by atoms with Gasteiger partial charge in [0.15, 0.2) is 0 Å². The smallest absolute Gasteiger partial charge is 0.311 e. The van der Waals surface area contributed by atoms with Crippen molar-refractivity contribution >= 4 is 5.97 Å². The molecule has 0 aromatic heterocycles. The van der Waals surface area contributed by atoms with Crippen LogP contribution in [0.25, 0.3) is 0 Å². The zero-order chi connectivity index (χ0) is 6.20. The fourth-order valence-electron chi connectivity index (χ4n) is 0.595. The molecule has 0 aromatic carbocycles. The van der Waals surface area contributed by atoms with Gasteiger partial charge in [-0.25, -0.2) is 0 Å². The normalized spacial score (nSPS) is 25.5. The second kappa shape index (κ2) is 1.47. The van der Waals surface area contributed by atoms with Crippen molar-refractivity contribution < 1.29 is 9.53 Å². The van der Waals surface area contributed by atoms with Gasteiger partial charge in [0.05, 0.1) is 12.0 Å². The summed E-state index contributed by atoms with van der Waals surface area (Å²) < 4.78 is 4.67. The summed E-state index contributed by atoms with van der Waals surface area (Å²) in [5, 5.41) is 0. The van der Waals surface area contributed by atoms with E-state index in [9.17, 15) is 4.79 Å². The summed E-state index contributed by atoms with van der Waals surface area (Å²) in [5.41, 5.74) is -0.333. The monoisotopic (exact) mass is 113 g/mol. The van der Waals surface area contributed by atoms with Crippen LogP contribution in [-0.2, 0) is 9.53 Å². The van der Waals surface area contributed by atoms with Gasteiger partial charge in [-0.15, -0.1) is 0 Å². The van der Waals surface area contributed by atoms with E-state index >= 15 is 0 Å². The first-order chi connectivity index (χ1) is 3.63. The Kier molecular flexibility index (Phi) is 1.03. The topological polar surface area (TPSA) is 26.3 Å². The molecule has 1 rings (SSSR count). The molecule has 1 aliphatic heterocycles. The highest BCUT2D eigenvalue weighted by atomic mass is 16.5. The number of carbonyl (C=O) groups excluding carboxylic acids is 1. The number of carbonyl (C=O) groups is 1. The fraction of sp³-hybridized carbons (Fsp3) is 0.667. The molecule has 1 radical (unpaired) electrons. The molecule has 1 heterocycles. The Morgan fingerprint density at radius 3 is 2.50 bits per heavy atom. The van der Waals surface area contributed by atoms with Crippen LogP contribution in [0.15, 0.2) is 0 Å². The van der Waals surface area contributed by atoms with E-state index in [-0.39, 0.29) is 11.4 Å². The summed E-state index contributed by atoms with van der Waals surface area (Å²) in [7, 11) is 0. The molecular weight excluding hydrogens is 104 g/mol. The number of hydrogen-bond acceptors (Lipinski definition) is 2. The van der Waals surface area contributed by atoms with E-state index in [4.69, 9.17) is 0 Å². The van der Waals surface area contributed by atoms with Crippen LogP contribution in [0.1, 0.15) is 13.8 Å². The lowest BCUT2D eigenvalue weighted by Gasteiger charge is -2.07. The molecule has 0 spiro atoms. The molecule has 1 fully saturated rings. The molecule has 2 nitrogen and oxygen atoms in total. The van der Waals surface area contributed by atoms with Crippen molar-refractivity contribution in [3.05, 3.63) is 6.42 Å². The van der Waals surface area contributed by atoms with Crippen LogP contribution >= 0.6 is 0 Å². The van der Waals surface area contributed by atoms with E-state index in [1.54, 1.807) is 0 Å². The first-order valence-corrected chi connectivity index (χ1v) is 2.64. The Labute approximate surface area is 48.8 Å². The summed E-state index contributed by atoms with van der Waals surface area (Å²) in [6.07, 6.45) is 1.87. The summed E-state index contributed by atoms with van der Waals surface area (Å²) in [5.74, 6) is -0.113. The minimum atomic E-state index is -0.333. The third-order valence-electron chi connectivity index (χ3n) is 1.33. The molecular formula is C6H9O2. The molecule has 45 valence electrons. The van der Waals surface area contributed by atoms with Crippen molar-refractivity contribution in [1.29, 1.82) is 0 Å². The van der Waals surface area contributed by atoms with Crippen LogP contribution in [0, 0.1) is 11.8 Å². The molecule has 0 amide bonds. The Morgan fingerprint density at radius 2 is 2.38 bits per heavy atom. The third kappa shape index (κ3) is 0.703. The van der Waals surface area contributed by atoms with Crippen molar-refractivity contribution in [2.45, 2.75) is 13.8 Å². The van der Waals surface area contributed by atoms with Gasteiger partial charge in [0, 0.05) is 6.42 Å². The molecule has 2 heteroatoms. The van der Waals surface area contributed by atoms with E-state index in [0.29, 0.717) is 6.61 Å². The maximum Gasteiger partial charge on any atom is 0.311 e. The van der Waals surface area contributed by atoms with Crippen LogP contribution in [0.4, 0.5) is 0 Å². The molecule has 0 saturated carbocycles. The first kappa shape index (κ1) is 5.60. The highest BCUT2D eigenvalue weighted by Gasteiger charge is 2.34. The summed E-state index contributed by atoms with van der Waals surface area (Å²) >= 11 is 0. The Hall–Kier alpha value is -0.530. The zero-order valence-electron chi connectivity index (χ0n) is 5.10. The molecule has 0 aliphatic carbocycles. The predicted molar refractivity (Wildman–Crippen MR) is 29.0 cm³/mol. The number of esters is 1. The molecule has 0 unspecified atom stereocenters. The van der Waals surface area contributed by atoms with Crippen LogP contribution in [0.3, 0.4) is 0 Å². The largest absolute Gasteiger partial charge is 0.465 e. The van der Waals surface area contributed by atoms with Gasteiger partial charge < -0.3 is 4.74 Å². The minimum Gasteiger partial charge on any atom is -0.465 e. The molecule has 0 atom stereocenters. The lowest BCUT2D eigenvalue weighted by atomic mass is 9.93. The van der Waals surface area contributed by atoms with Gasteiger partial charge in [0.25, 0.3) is 0 Å². The number of hydrogen-bond donors (Lipinski definition) is 0. The van der Waals surface area contributed by atoms with Gasteiger partial charge in [-0.2, -0.15) is 0 Å². The second-order valence-corrected chi connectivity index (χ2v) is 2.52. The van der Waals surface area contributed by atoms with Gasteiger partial charge in [-0.05, 0) is 13.8 Å². The van der Waals surface area contributed by atoms with Gasteiger partial charge >= 0.3 is 5.97 Å². The Morgan fingerprint density at radius 1 is 1.75 bits per heavy atom. The van der Waals surface area contributed by atoms with Crippen LogP contribution < -0.4 is 0 Å². The molecule has 0 aromatic rings. The second-order valence-electron chi connectivity index (χ2n) is 2.52. The number of ether oxygens (including phenoxy) is 1. The maximum atomic E-state index is 10.6. The van der Waals surface area contributed by atoms with Crippen LogP contribution in [0.2, 0.25) is 0 Å². The van der Waals surface area contributed by atoms with Gasteiger partial charge in [-0.1, -0.05) is 0 Å². The van der Waals surface area contributed by atoms with Gasteiger partial charge in [0.1, 0.15) is 0 Å². The first-order valence-electron chi connectivity index (χ1n) is 2.64. The highest BCUT2D eigenvalue weighted by Crippen LogP contribution is 2.26. The zero-order valence-corrected chi connectivity index (χ0v) is 5.10. The summed E-state index contributed by atoms with van der Waals surface area (Å²) in [6, 6.07) is 0. The number of cyclic esters (lactones) is 1. The van der Waals surface area contributed by atoms with Gasteiger partial charge in [0.2, 0.25) is 0 Å². The molecule has 1 aliphatic rings. The van der Waals surface area contributed by atoms with Crippen LogP contribution in [0.5, 0.6) is 0 Å². The van der Waals surface area contributed by atoms with Gasteiger partial charge in [-0.3, -0.25) is 4.79 Å².